The molecule has 0 aliphatic heterocycles. The van der Waals surface area contributed by atoms with Gasteiger partial charge in [0.2, 0.25) is 5.91 Å². The summed E-state index contributed by atoms with van der Waals surface area (Å²) in [5.41, 5.74) is 0.0587. The first-order valence-corrected chi connectivity index (χ1v) is 11.5. The molecule has 0 saturated carbocycles. The lowest BCUT2D eigenvalue weighted by Gasteiger charge is -2.19. The van der Waals surface area contributed by atoms with E-state index in [1.807, 2.05) is 16.7 Å². The van der Waals surface area contributed by atoms with E-state index in [4.69, 9.17) is 16.3 Å². The number of carbonyl (C=O) groups is 1. The SMILES string of the molecule is CCC(CC)n1c(COc2ccccc2Cl)nnc1SCC(=O)Nc1cc(F)cc(F)c1. The summed E-state index contributed by atoms with van der Waals surface area (Å²) >= 11 is 7.36. The van der Waals surface area contributed by atoms with Crippen LogP contribution in [-0.4, -0.2) is 26.4 Å². The molecule has 0 unspecified atom stereocenters. The molecule has 3 rings (SSSR count). The number of benzene rings is 2. The predicted molar refractivity (Wildman–Crippen MR) is 121 cm³/mol. The van der Waals surface area contributed by atoms with Crippen LogP contribution in [0.5, 0.6) is 5.75 Å². The molecule has 6 nitrogen and oxygen atoms in total. The molecule has 0 radical (unpaired) electrons. The smallest absolute Gasteiger partial charge is 0.234 e. The van der Waals surface area contributed by atoms with Gasteiger partial charge in [-0.1, -0.05) is 49.3 Å². The van der Waals surface area contributed by atoms with Gasteiger partial charge in [-0.2, -0.15) is 0 Å². The topological polar surface area (TPSA) is 69.0 Å². The first-order valence-electron chi connectivity index (χ1n) is 10.1. The van der Waals surface area contributed by atoms with Crippen molar-refractivity contribution in [3.8, 4) is 5.75 Å². The fraction of sp³-hybridized carbons (Fsp3) is 0.318. The summed E-state index contributed by atoms with van der Waals surface area (Å²) in [5.74, 6) is -0.762. The molecule has 0 saturated heterocycles. The molecule has 10 heteroatoms. The molecule has 0 spiro atoms. The lowest BCUT2D eigenvalue weighted by molar-refractivity contribution is -0.113. The van der Waals surface area contributed by atoms with Gasteiger partial charge in [-0.15, -0.1) is 10.2 Å². The quantitative estimate of drug-likeness (QED) is 0.367. The van der Waals surface area contributed by atoms with E-state index in [1.165, 1.54) is 11.8 Å². The molecular formula is C22H23ClF2N4O2S. The number of halogens is 3. The van der Waals surface area contributed by atoms with Crippen molar-refractivity contribution in [2.45, 2.75) is 44.5 Å². The second-order valence-corrected chi connectivity index (χ2v) is 8.30. The largest absolute Gasteiger partial charge is 0.484 e. The number of nitrogens with one attached hydrogen (secondary N) is 1. The normalized spacial score (nSPS) is 11.1. The highest BCUT2D eigenvalue weighted by Crippen LogP contribution is 2.28. The molecule has 0 bridgehead atoms. The van der Waals surface area contributed by atoms with E-state index in [1.54, 1.807) is 12.1 Å². The van der Waals surface area contributed by atoms with Crippen LogP contribution in [-0.2, 0) is 11.4 Å². The van der Waals surface area contributed by atoms with Crippen molar-refractivity contribution in [2.75, 3.05) is 11.1 Å². The number of hydrogen-bond donors (Lipinski definition) is 1. The Labute approximate surface area is 194 Å². The van der Waals surface area contributed by atoms with Gasteiger partial charge in [0.1, 0.15) is 24.0 Å². The van der Waals surface area contributed by atoms with Crippen LogP contribution in [0.2, 0.25) is 5.02 Å². The Hall–Kier alpha value is -2.65. The average Bonchev–Trinajstić information content (AvgIpc) is 3.14. The number of ether oxygens (including phenoxy) is 1. The second kappa shape index (κ2) is 11.3. The summed E-state index contributed by atoms with van der Waals surface area (Å²) in [5, 5.41) is 12.1. The summed E-state index contributed by atoms with van der Waals surface area (Å²) in [6.07, 6.45) is 1.69. The Morgan fingerprint density at radius 3 is 2.50 bits per heavy atom. The molecule has 32 heavy (non-hydrogen) atoms. The fourth-order valence-corrected chi connectivity index (χ4v) is 4.20. The first-order chi connectivity index (χ1) is 15.4. The van der Waals surface area contributed by atoms with Gasteiger partial charge in [0.05, 0.1) is 10.8 Å². The zero-order valence-electron chi connectivity index (χ0n) is 17.6. The van der Waals surface area contributed by atoms with Crippen LogP contribution in [0.25, 0.3) is 0 Å². The van der Waals surface area contributed by atoms with Gasteiger partial charge in [-0.05, 0) is 37.1 Å². The molecule has 2 aromatic carbocycles. The van der Waals surface area contributed by atoms with Crippen molar-refractivity contribution in [2.24, 2.45) is 0 Å². The lowest BCUT2D eigenvalue weighted by Crippen LogP contribution is -2.17. The minimum atomic E-state index is -0.760. The molecule has 170 valence electrons. The van der Waals surface area contributed by atoms with E-state index in [0.29, 0.717) is 21.8 Å². The number of nitrogens with zero attached hydrogens (tertiary/aromatic N) is 3. The molecule has 0 fully saturated rings. The Morgan fingerprint density at radius 1 is 1.16 bits per heavy atom. The van der Waals surface area contributed by atoms with Crippen molar-refractivity contribution in [3.05, 3.63) is 64.9 Å². The zero-order chi connectivity index (χ0) is 23.1. The van der Waals surface area contributed by atoms with Crippen LogP contribution in [0.3, 0.4) is 0 Å². The van der Waals surface area contributed by atoms with Crippen molar-refractivity contribution in [1.29, 1.82) is 0 Å². The molecule has 1 amide bonds. The summed E-state index contributed by atoms with van der Waals surface area (Å²) in [7, 11) is 0. The molecular weight excluding hydrogens is 458 g/mol. The van der Waals surface area contributed by atoms with Gasteiger partial charge in [-0.3, -0.25) is 4.79 Å². The van der Waals surface area contributed by atoms with Gasteiger partial charge in [0.15, 0.2) is 11.0 Å². The third-order valence-electron chi connectivity index (χ3n) is 4.71. The molecule has 0 aliphatic carbocycles. The minimum absolute atomic E-state index is 0.00177. The van der Waals surface area contributed by atoms with E-state index in [2.05, 4.69) is 29.4 Å². The number of thioether (sulfide) groups is 1. The maximum Gasteiger partial charge on any atom is 0.234 e. The summed E-state index contributed by atoms with van der Waals surface area (Å²) in [6, 6.07) is 10.1. The Bertz CT molecular complexity index is 1060. The number of aromatic nitrogens is 3. The van der Waals surface area contributed by atoms with E-state index in [9.17, 15) is 13.6 Å². The average molecular weight is 481 g/mol. The van der Waals surface area contributed by atoms with E-state index >= 15 is 0 Å². The maximum absolute atomic E-state index is 13.3. The summed E-state index contributed by atoms with van der Waals surface area (Å²) < 4.78 is 34.5. The van der Waals surface area contributed by atoms with Gasteiger partial charge < -0.3 is 14.6 Å². The van der Waals surface area contributed by atoms with E-state index in [0.717, 1.165) is 31.0 Å². The maximum atomic E-state index is 13.3. The summed E-state index contributed by atoms with van der Waals surface area (Å²) in [6.45, 7) is 4.29. The monoisotopic (exact) mass is 480 g/mol. The minimum Gasteiger partial charge on any atom is -0.484 e. The van der Waals surface area contributed by atoms with Crippen LogP contribution in [0, 0.1) is 11.6 Å². The Kier molecular flexibility index (Phi) is 8.46. The first kappa shape index (κ1) is 24.0. The fourth-order valence-electron chi connectivity index (χ4n) is 3.18. The number of rotatable bonds is 10. The highest BCUT2D eigenvalue weighted by molar-refractivity contribution is 7.99. The van der Waals surface area contributed by atoms with Crippen LogP contribution in [0.15, 0.2) is 47.6 Å². The van der Waals surface area contributed by atoms with Gasteiger partial charge >= 0.3 is 0 Å². The number of carbonyl (C=O) groups excluding carboxylic acids is 1. The highest BCUT2D eigenvalue weighted by Gasteiger charge is 2.20. The third-order valence-corrected chi connectivity index (χ3v) is 5.97. The molecule has 0 aliphatic rings. The highest BCUT2D eigenvalue weighted by atomic mass is 35.5. The zero-order valence-corrected chi connectivity index (χ0v) is 19.2. The third kappa shape index (κ3) is 6.20. The summed E-state index contributed by atoms with van der Waals surface area (Å²) in [4.78, 5) is 12.3. The van der Waals surface area contributed by atoms with Crippen LogP contribution in [0.4, 0.5) is 14.5 Å². The van der Waals surface area contributed by atoms with E-state index in [-0.39, 0.29) is 24.1 Å². The Balaban J connectivity index is 1.71. The lowest BCUT2D eigenvalue weighted by atomic mass is 10.2. The van der Waals surface area contributed by atoms with E-state index < -0.39 is 17.5 Å². The van der Waals surface area contributed by atoms with Gasteiger partial charge in [-0.25, -0.2) is 8.78 Å². The van der Waals surface area contributed by atoms with Crippen molar-refractivity contribution < 1.29 is 18.3 Å². The van der Waals surface area contributed by atoms with Gasteiger partial charge in [0, 0.05) is 17.8 Å². The van der Waals surface area contributed by atoms with Gasteiger partial charge in [0.25, 0.3) is 0 Å². The number of para-hydroxylation sites is 1. The Morgan fingerprint density at radius 2 is 1.84 bits per heavy atom. The second-order valence-electron chi connectivity index (χ2n) is 6.95. The number of amides is 1. The molecule has 1 N–H and O–H groups in total. The van der Waals surface area contributed by atoms with Crippen LogP contribution < -0.4 is 10.1 Å². The van der Waals surface area contributed by atoms with Crippen molar-refractivity contribution >= 4 is 35.0 Å². The van der Waals surface area contributed by atoms with Crippen LogP contribution in [0.1, 0.15) is 38.6 Å². The number of hydrogen-bond acceptors (Lipinski definition) is 5. The van der Waals surface area contributed by atoms with Crippen molar-refractivity contribution in [3.63, 3.8) is 0 Å². The molecule has 3 aromatic rings. The predicted octanol–water partition coefficient (Wildman–Crippen LogP) is 5.88. The van der Waals surface area contributed by atoms with Crippen molar-refractivity contribution in [1.82, 2.24) is 14.8 Å². The van der Waals surface area contributed by atoms with Crippen LogP contribution >= 0.6 is 23.4 Å². The number of anilines is 1. The standard InChI is InChI=1S/C22H23ClF2N4O2S/c1-3-17(4-2)29-20(12-31-19-8-6-5-7-18(19)23)27-28-22(29)32-13-21(30)26-16-10-14(24)9-15(25)11-16/h5-11,17H,3-4,12-13H2,1-2H3,(H,26,30). The molecule has 1 heterocycles. The molecule has 1 aromatic heterocycles. The molecule has 0 atom stereocenters.